The third kappa shape index (κ3) is 3.85. The Hall–Kier alpha value is -3.16. The molecule has 0 saturated heterocycles. The molecule has 0 spiro atoms. The topological polar surface area (TPSA) is 96.0 Å². The van der Waals surface area contributed by atoms with Crippen LogP contribution in [0.3, 0.4) is 0 Å². The van der Waals surface area contributed by atoms with E-state index in [4.69, 9.17) is 9.47 Å². The maximum absolute atomic E-state index is 12.9. The average Bonchev–Trinajstić information content (AvgIpc) is 2.59. The molecule has 0 amide bonds. The predicted molar refractivity (Wildman–Crippen MR) is 91.1 cm³/mol. The SMILES string of the molecule is COc1cc(C(=O)n2ccccc2=NC(C)C)c([N+](=O)[O-])cc1OC. The Bertz CT molecular complexity index is 871. The molecular formula is C17H19N3O5. The van der Waals surface area contributed by atoms with Crippen LogP contribution in [-0.2, 0) is 0 Å². The zero-order valence-corrected chi connectivity index (χ0v) is 14.4. The minimum atomic E-state index is -0.627. The van der Waals surface area contributed by atoms with Crippen molar-refractivity contribution < 1.29 is 19.2 Å². The molecule has 0 aliphatic heterocycles. The molecule has 2 rings (SSSR count). The number of aromatic nitrogens is 1. The lowest BCUT2D eigenvalue weighted by molar-refractivity contribution is -0.385. The van der Waals surface area contributed by atoms with E-state index in [0.29, 0.717) is 5.49 Å². The van der Waals surface area contributed by atoms with Crippen LogP contribution >= 0.6 is 0 Å². The van der Waals surface area contributed by atoms with Crippen molar-refractivity contribution in [3.63, 3.8) is 0 Å². The Kier molecular flexibility index (Phi) is 5.53. The first-order valence-corrected chi connectivity index (χ1v) is 7.55. The van der Waals surface area contributed by atoms with Gasteiger partial charge in [0.05, 0.1) is 25.2 Å². The molecule has 0 unspecified atom stereocenters. The van der Waals surface area contributed by atoms with Gasteiger partial charge in [0.15, 0.2) is 11.5 Å². The molecule has 0 aliphatic carbocycles. The smallest absolute Gasteiger partial charge is 0.286 e. The number of pyridine rings is 1. The van der Waals surface area contributed by atoms with E-state index in [1.54, 1.807) is 18.2 Å². The molecule has 0 N–H and O–H groups in total. The van der Waals surface area contributed by atoms with Crippen LogP contribution in [0.5, 0.6) is 11.5 Å². The standard InChI is InChI=1S/C17H19N3O5/c1-11(2)18-16-7-5-6-8-19(16)17(21)12-9-14(24-3)15(25-4)10-13(12)20(22)23/h5-11H,1-4H3. The fourth-order valence-electron chi connectivity index (χ4n) is 2.30. The summed E-state index contributed by atoms with van der Waals surface area (Å²) in [5, 5.41) is 11.4. The lowest BCUT2D eigenvalue weighted by Crippen LogP contribution is -2.28. The van der Waals surface area contributed by atoms with Crippen molar-refractivity contribution >= 4 is 11.6 Å². The van der Waals surface area contributed by atoms with Crippen LogP contribution in [0, 0.1) is 10.1 Å². The number of hydrogen-bond donors (Lipinski definition) is 0. The second-order valence-corrected chi connectivity index (χ2v) is 5.44. The van der Waals surface area contributed by atoms with Crippen molar-refractivity contribution in [3.05, 3.63) is 57.7 Å². The molecule has 0 atom stereocenters. The summed E-state index contributed by atoms with van der Waals surface area (Å²) in [5.74, 6) is -0.168. The fraction of sp³-hybridized carbons (Fsp3) is 0.294. The van der Waals surface area contributed by atoms with Crippen molar-refractivity contribution in [1.82, 2.24) is 4.57 Å². The van der Waals surface area contributed by atoms with E-state index >= 15 is 0 Å². The van der Waals surface area contributed by atoms with Crippen molar-refractivity contribution in [2.45, 2.75) is 19.9 Å². The maximum atomic E-state index is 12.9. The maximum Gasteiger partial charge on any atom is 0.286 e. The monoisotopic (exact) mass is 345 g/mol. The minimum absolute atomic E-state index is 0.0400. The van der Waals surface area contributed by atoms with Crippen LogP contribution < -0.4 is 15.0 Å². The number of carbonyl (C=O) groups is 1. The molecule has 2 aromatic rings. The molecule has 8 nitrogen and oxygen atoms in total. The normalized spacial score (nSPS) is 11.5. The van der Waals surface area contributed by atoms with Crippen LogP contribution in [0.15, 0.2) is 41.5 Å². The van der Waals surface area contributed by atoms with E-state index in [1.165, 1.54) is 37.1 Å². The molecule has 0 bridgehead atoms. The van der Waals surface area contributed by atoms with Crippen LogP contribution in [0.25, 0.3) is 0 Å². The van der Waals surface area contributed by atoms with Gasteiger partial charge in [0, 0.05) is 18.3 Å². The number of nitrogens with zero attached hydrogens (tertiary/aromatic N) is 3. The summed E-state index contributed by atoms with van der Waals surface area (Å²) in [5.41, 5.74) is -0.0693. The van der Waals surface area contributed by atoms with Gasteiger partial charge in [-0.25, -0.2) is 0 Å². The number of nitro benzene ring substituents is 1. The Labute approximate surface area is 144 Å². The molecule has 0 radical (unpaired) electrons. The quantitative estimate of drug-likeness (QED) is 0.612. The summed E-state index contributed by atoms with van der Waals surface area (Å²) in [7, 11) is 2.77. The Morgan fingerprint density at radius 3 is 2.40 bits per heavy atom. The van der Waals surface area contributed by atoms with Gasteiger partial charge in [0.2, 0.25) is 0 Å². The van der Waals surface area contributed by atoms with Gasteiger partial charge in [0.1, 0.15) is 11.1 Å². The van der Waals surface area contributed by atoms with Gasteiger partial charge in [-0.05, 0) is 26.0 Å². The molecule has 1 aromatic heterocycles. The number of carbonyl (C=O) groups excluding carboxylic acids is 1. The van der Waals surface area contributed by atoms with Gasteiger partial charge in [0.25, 0.3) is 11.6 Å². The Morgan fingerprint density at radius 1 is 1.20 bits per heavy atom. The van der Waals surface area contributed by atoms with E-state index in [0.717, 1.165) is 0 Å². The third-order valence-corrected chi connectivity index (χ3v) is 3.38. The van der Waals surface area contributed by atoms with Crippen molar-refractivity contribution in [1.29, 1.82) is 0 Å². The van der Waals surface area contributed by atoms with Crippen LogP contribution in [0.1, 0.15) is 24.2 Å². The van der Waals surface area contributed by atoms with Gasteiger partial charge < -0.3 is 9.47 Å². The summed E-state index contributed by atoms with van der Waals surface area (Å²) < 4.78 is 11.5. The summed E-state index contributed by atoms with van der Waals surface area (Å²) >= 11 is 0. The first kappa shape index (κ1) is 18.2. The van der Waals surface area contributed by atoms with E-state index in [9.17, 15) is 14.9 Å². The van der Waals surface area contributed by atoms with E-state index in [-0.39, 0.29) is 28.8 Å². The predicted octanol–water partition coefficient (Wildman–Crippen LogP) is 2.41. The van der Waals surface area contributed by atoms with Gasteiger partial charge >= 0.3 is 0 Å². The highest BCUT2D eigenvalue weighted by Gasteiger charge is 2.25. The zero-order valence-electron chi connectivity index (χ0n) is 14.4. The van der Waals surface area contributed by atoms with Crippen molar-refractivity contribution in [2.75, 3.05) is 14.2 Å². The Balaban J connectivity index is 2.70. The number of benzene rings is 1. The molecule has 8 heteroatoms. The second-order valence-electron chi connectivity index (χ2n) is 5.44. The van der Waals surface area contributed by atoms with Gasteiger partial charge in [-0.1, -0.05) is 6.07 Å². The Morgan fingerprint density at radius 2 is 1.84 bits per heavy atom. The zero-order chi connectivity index (χ0) is 18.6. The summed E-state index contributed by atoms with van der Waals surface area (Å²) in [6.45, 7) is 3.75. The highest BCUT2D eigenvalue weighted by Crippen LogP contribution is 2.34. The first-order chi connectivity index (χ1) is 11.9. The number of nitro groups is 1. The van der Waals surface area contributed by atoms with Gasteiger partial charge in [-0.2, -0.15) is 0 Å². The first-order valence-electron chi connectivity index (χ1n) is 7.55. The molecule has 132 valence electrons. The highest BCUT2D eigenvalue weighted by atomic mass is 16.6. The van der Waals surface area contributed by atoms with Crippen molar-refractivity contribution in [3.8, 4) is 11.5 Å². The summed E-state index contributed by atoms with van der Waals surface area (Å²) in [6, 6.07) is 7.51. The number of methoxy groups -OCH3 is 2. The number of ether oxygens (including phenoxy) is 2. The highest BCUT2D eigenvalue weighted by molar-refractivity contribution is 6.00. The molecule has 1 aromatic carbocycles. The second kappa shape index (κ2) is 7.61. The molecule has 0 fully saturated rings. The summed E-state index contributed by atoms with van der Waals surface area (Å²) in [6.07, 6.45) is 1.52. The molecule has 0 aliphatic rings. The fourth-order valence-corrected chi connectivity index (χ4v) is 2.30. The third-order valence-electron chi connectivity index (χ3n) is 3.38. The number of rotatable bonds is 5. The molecular weight excluding hydrogens is 326 g/mol. The minimum Gasteiger partial charge on any atom is -0.493 e. The van der Waals surface area contributed by atoms with E-state index < -0.39 is 10.8 Å². The van der Waals surface area contributed by atoms with Gasteiger partial charge in [-0.15, -0.1) is 0 Å². The van der Waals surface area contributed by atoms with Crippen LogP contribution in [0.4, 0.5) is 5.69 Å². The molecule has 0 saturated carbocycles. The molecule has 1 heterocycles. The van der Waals surface area contributed by atoms with Crippen LogP contribution in [0.2, 0.25) is 0 Å². The van der Waals surface area contributed by atoms with Crippen LogP contribution in [-0.4, -0.2) is 35.7 Å². The van der Waals surface area contributed by atoms with E-state index in [1.807, 2.05) is 13.8 Å². The number of hydrogen-bond acceptors (Lipinski definition) is 6. The lowest BCUT2D eigenvalue weighted by atomic mass is 10.1. The van der Waals surface area contributed by atoms with Gasteiger partial charge in [-0.3, -0.25) is 24.5 Å². The molecule has 25 heavy (non-hydrogen) atoms. The largest absolute Gasteiger partial charge is 0.493 e. The average molecular weight is 345 g/mol. The van der Waals surface area contributed by atoms with E-state index in [2.05, 4.69) is 4.99 Å². The van der Waals surface area contributed by atoms with Crippen molar-refractivity contribution in [2.24, 2.45) is 4.99 Å². The lowest BCUT2D eigenvalue weighted by Gasteiger charge is -2.11. The summed E-state index contributed by atoms with van der Waals surface area (Å²) in [4.78, 5) is 28.1.